The second kappa shape index (κ2) is 6.57. The number of hydrogen-bond acceptors (Lipinski definition) is 3. The van der Waals surface area contributed by atoms with Crippen molar-refractivity contribution in [1.82, 2.24) is 14.5 Å². The van der Waals surface area contributed by atoms with Crippen molar-refractivity contribution in [3.05, 3.63) is 24.3 Å². The van der Waals surface area contributed by atoms with Crippen molar-refractivity contribution in [2.45, 2.75) is 20.3 Å². The maximum atomic E-state index is 4.61. The van der Waals surface area contributed by atoms with Gasteiger partial charge in [0.05, 0.1) is 11.0 Å². The fourth-order valence-electron chi connectivity index (χ4n) is 2.35. The van der Waals surface area contributed by atoms with E-state index in [9.17, 15) is 0 Å². The van der Waals surface area contributed by atoms with Crippen LogP contribution in [0.4, 0.5) is 5.95 Å². The second-order valence-corrected chi connectivity index (χ2v) is 4.79. The van der Waals surface area contributed by atoms with Crippen molar-refractivity contribution < 1.29 is 0 Å². The van der Waals surface area contributed by atoms with E-state index >= 15 is 0 Å². The Hall–Kier alpha value is -1.55. The van der Waals surface area contributed by atoms with E-state index in [1.807, 2.05) is 12.1 Å². The van der Waals surface area contributed by atoms with Crippen LogP contribution < -0.4 is 5.32 Å². The molecule has 2 rings (SSSR count). The number of benzene rings is 1. The SMILES string of the molecule is CCN(CC)CCCNc1nc2ccccc2n1C. The van der Waals surface area contributed by atoms with Crippen LogP contribution in [0.5, 0.6) is 0 Å². The fraction of sp³-hybridized carbons (Fsp3) is 0.533. The average Bonchev–Trinajstić information content (AvgIpc) is 2.76. The van der Waals surface area contributed by atoms with Crippen LogP contribution in [-0.2, 0) is 7.05 Å². The number of fused-ring (bicyclic) bond motifs is 1. The third-order valence-corrected chi connectivity index (χ3v) is 3.62. The zero-order valence-electron chi connectivity index (χ0n) is 12.2. The quantitative estimate of drug-likeness (QED) is 0.777. The minimum Gasteiger partial charge on any atom is -0.356 e. The summed E-state index contributed by atoms with van der Waals surface area (Å²) in [6, 6.07) is 8.23. The van der Waals surface area contributed by atoms with Crippen molar-refractivity contribution >= 4 is 17.0 Å². The largest absolute Gasteiger partial charge is 0.356 e. The van der Waals surface area contributed by atoms with Crippen LogP contribution in [0.1, 0.15) is 20.3 Å². The molecule has 19 heavy (non-hydrogen) atoms. The van der Waals surface area contributed by atoms with Crippen LogP contribution in [-0.4, -0.2) is 40.6 Å². The van der Waals surface area contributed by atoms with Crippen LogP contribution in [0.15, 0.2) is 24.3 Å². The minimum atomic E-state index is 0.959. The van der Waals surface area contributed by atoms with Gasteiger partial charge >= 0.3 is 0 Å². The lowest BCUT2D eigenvalue weighted by Gasteiger charge is -2.17. The molecule has 0 fully saturated rings. The standard InChI is InChI=1S/C15H24N4/c1-4-19(5-2)12-8-11-16-15-17-13-9-6-7-10-14(13)18(15)3/h6-7,9-10H,4-5,8,11-12H2,1-3H3,(H,16,17). The summed E-state index contributed by atoms with van der Waals surface area (Å²) in [5.41, 5.74) is 2.23. The summed E-state index contributed by atoms with van der Waals surface area (Å²) in [7, 11) is 2.06. The molecule has 0 atom stereocenters. The Kier molecular flexibility index (Phi) is 4.80. The van der Waals surface area contributed by atoms with E-state index in [2.05, 4.69) is 52.8 Å². The molecule has 4 nitrogen and oxygen atoms in total. The van der Waals surface area contributed by atoms with E-state index in [4.69, 9.17) is 0 Å². The molecule has 0 aliphatic rings. The van der Waals surface area contributed by atoms with Crippen LogP contribution in [0.25, 0.3) is 11.0 Å². The van der Waals surface area contributed by atoms with E-state index < -0.39 is 0 Å². The summed E-state index contributed by atoms with van der Waals surface area (Å²) in [6.45, 7) is 8.79. The van der Waals surface area contributed by atoms with E-state index in [1.54, 1.807) is 0 Å². The normalized spacial score (nSPS) is 11.4. The Morgan fingerprint density at radius 2 is 1.95 bits per heavy atom. The lowest BCUT2D eigenvalue weighted by Crippen LogP contribution is -2.25. The molecule has 0 unspecified atom stereocenters. The molecule has 0 aliphatic carbocycles. The molecular weight excluding hydrogens is 236 g/mol. The Labute approximate surface area is 115 Å². The number of aryl methyl sites for hydroxylation is 1. The molecule has 0 spiro atoms. The molecule has 0 saturated carbocycles. The summed E-state index contributed by atoms with van der Waals surface area (Å²) in [6.07, 6.45) is 1.14. The topological polar surface area (TPSA) is 33.1 Å². The fourth-order valence-corrected chi connectivity index (χ4v) is 2.35. The molecule has 0 saturated heterocycles. The van der Waals surface area contributed by atoms with Gasteiger partial charge < -0.3 is 14.8 Å². The van der Waals surface area contributed by atoms with E-state index in [1.165, 1.54) is 5.52 Å². The Morgan fingerprint density at radius 3 is 2.63 bits per heavy atom. The van der Waals surface area contributed by atoms with Gasteiger partial charge in [-0.15, -0.1) is 0 Å². The van der Waals surface area contributed by atoms with Gasteiger partial charge in [0.1, 0.15) is 0 Å². The Balaban J connectivity index is 1.90. The number of imidazole rings is 1. The van der Waals surface area contributed by atoms with Crippen LogP contribution >= 0.6 is 0 Å². The maximum Gasteiger partial charge on any atom is 0.203 e. The van der Waals surface area contributed by atoms with E-state index in [-0.39, 0.29) is 0 Å². The van der Waals surface area contributed by atoms with E-state index in [0.29, 0.717) is 0 Å². The predicted molar refractivity (Wildman–Crippen MR) is 81.6 cm³/mol. The number of anilines is 1. The molecule has 1 aromatic carbocycles. The van der Waals surface area contributed by atoms with Crippen LogP contribution in [0.2, 0.25) is 0 Å². The molecule has 1 N–H and O–H groups in total. The smallest absolute Gasteiger partial charge is 0.203 e. The number of nitrogens with zero attached hydrogens (tertiary/aromatic N) is 3. The average molecular weight is 260 g/mol. The molecule has 1 aromatic heterocycles. The van der Waals surface area contributed by atoms with Gasteiger partial charge in [-0.2, -0.15) is 0 Å². The highest BCUT2D eigenvalue weighted by molar-refractivity contribution is 5.78. The molecule has 2 aromatic rings. The number of nitrogens with one attached hydrogen (secondary N) is 1. The lowest BCUT2D eigenvalue weighted by molar-refractivity contribution is 0.303. The van der Waals surface area contributed by atoms with Crippen molar-refractivity contribution in [2.24, 2.45) is 7.05 Å². The zero-order chi connectivity index (χ0) is 13.7. The van der Waals surface area contributed by atoms with Gasteiger partial charge in [0.2, 0.25) is 5.95 Å². The van der Waals surface area contributed by atoms with Gasteiger partial charge in [-0.1, -0.05) is 26.0 Å². The first-order chi connectivity index (χ1) is 9.26. The third kappa shape index (κ3) is 3.26. The molecule has 104 valence electrons. The van der Waals surface area contributed by atoms with Gasteiger partial charge in [-0.05, 0) is 38.2 Å². The second-order valence-electron chi connectivity index (χ2n) is 4.79. The minimum absolute atomic E-state index is 0.959. The first kappa shape index (κ1) is 13.9. The van der Waals surface area contributed by atoms with Gasteiger partial charge in [0.25, 0.3) is 0 Å². The van der Waals surface area contributed by atoms with Gasteiger partial charge in [0, 0.05) is 13.6 Å². The molecule has 4 heteroatoms. The Bertz CT molecular complexity index is 514. The van der Waals surface area contributed by atoms with Gasteiger partial charge in [-0.3, -0.25) is 0 Å². The van der Waals surface area contributed by atoms with Crippen LogP contribution in [0, 0.1) is 0 Å². The van der Waals surface area contributed by atoms with Gasteiger partial charge in [-0.25, -0.2) is 4.98 Å². The number of para-hydroxylation sites is 2. The number of rotatable bonds is 7. The number of hydrogen-bond donors (Lipinski definition) is 1. The highest BCUT2D eigenvalue weighted by Crippen LogP contribution is 2.17. The summed E-state index contributed by atoms with van der Waals surface area (Å²) in [5, 5.41) is 3.43. The predicted octanol–water partition coefficient (Wildman–Crippen LogP) is 2.72. The molecular formula is C15H24N4. The summed E-state index contributed by atoms with van der Waals surface area (Å²) < 4.78 is 2.12. The first-order valence-electron chi connectivity index (χ1n) is 7.14. The summed E-state index contributed by atoms with van der Waals surface area (Å²) in [5.74, 6) is 0.959. The van der Waals surface area contributed by atoms with Crippen molar-refractivity contribution in [3.63, 3.8) is 0 Å². The summed E-state index contributed by atoms with van der Waals surface area (Å²) in [4.78, 5) is 7.05. The van der Waals surface area contributed by atoms with Crippen LogP contribution in [0.3, 0.4) is 0 Å². The molecule has 0 amide bonds. The Morgan fingerprint density at radius 1 is 1.21 bits per heavy atom. The molecule has 0 aliphatic heterocycles. The van der Waals surface area contributed by atoms with E-state index in [0.717, 1.165) is 44.1 Å². The maximum absolute atomic E-state index is 4.61. The highest BCUT2D eigenvalue weighted by Gasteiger charge is 2.06. The molecule has 0 bridgehead atoms. The first-order valence-corrected chi connectivity index (χ1v) is 7.14. The lowest BCUT2D eigenvalue weighted by atomic mass is 10.3. The third-order valence-electron chi connectivity index (χ3n) is 3.62. The van der Waals surface area contributed by atoms with Crippen molar-refractivity contribution in [3.8, 4) is 0 Å². The molecule has 1 heterocycles. The number of aromatic nitrogens is 2. The zero-order valence-corrected chi connectivity index (χ0v) is 12.2. The molecule has 0 radical (unpaired) electrons. The monoisotopic (exact) mass is 260 g/mol. The summed E-state index contributed by atoms with van der Waals surface area (Å²) >= 11 is 0. The van der Waals surface area contributed by atoms with Gasteiger partial charge in [0.15, 0.2) is 0 Å². The van der Waals surface area contributed by atoms with Crippen molar-refractivity contribution in [1.29, 1.82) is 0 Å². The highest BCUT2D eigenvalue weighted by atomic mass is 15.2. The van der Waals surface area contributed by atoms with Crippen molar-refractivity contribution in [2.75, 3.05) is 31.5 Å².